The molecule has 0 radical (unpaired) electrons. The molecule has 0 atom stereocenters. The van der Waals surface area contributed by atoms with Crippen LogP contribution in [0.3, 0.4) is 0 Å². The van der Waals surface area contributed by atoms with E-state index in [2.05, 4.69) is 4.98 Å². The highest BCUT2D eigenvalue weighted by atomic mass is 19.1. The van der Waals surface area contributed by atoms with Gasteiger partial charge in [0.2, 0.25) is 5.88 Å². The fourth-order valence-corrected chi connectivity index (χ4v) is 2.05. The minimum absolute atomic E-state index is 0.0428. The predicted octanol–water partition coefficient (Wildman–Crippen LogP) is 0.550. The summed E-state index contributed by atoms with van der Waals surface area (Å²) in [6.45, 7) is 0. The van der Waals surface area contributed by atoms with E-state index in [4.69, 9.17) is 27.7 Å². The van der Waals surface area contributed by atoms with Gasteiger partial charge in [-0.05, 0) is 6.07 Å². The average molecular weight is 317 g/mol. The first-order chi connectivity index (χ1) is 10.9. The fraction of sp³-hybridized carbons (Fsp3) is 0.0667. The Balaban J connectivity index is 2.59. The molecule has 0 saturated carbocycles. The zero-order valence-corrected chi connectivity index (χ0v) is 12.3. The van der Waals surface area contributed by atoms with E-state index in [-0.39, 0.29) is 23.0 Å². The Kier molecular flexibility index (Phi) is 4.35. The Bertz CT molecular complexity index is 804. The van der Waals surface area contributed by atoms with E-state index in [1.165, 1.54) is 19.4 Å². The smallest absolute Gasteiger partial charge is 0.266 e. The van der Waals surface area contributed by atoms with Crippen LogP contribution in [0.15, 0.2) is 36.2 Å². The molecule has 0 spiro atoms. The number of nitrogen functional groups attached to an aromatic ring is 1. The summed E-state index contributed by atoms with van der Waals surface area (Å²) in [5.74, 6) is -1.61. The minimum Gasteiger partial charge on any atom is -0.479 e. The number of benzene rings is 1. The van der Waals surface area contributed by atoms with Crippen LogP contribution in [0.1, 0.15) is 5.56 Å². The van der Waals surface area contributed by atoms with Gasteiger partial charge in [0, 0.05) is 28.6 Å². The lowest BCUT2D eigenvalue weighted by molar-refractivity contribution is -0.114. The Morgan fingerprint density at radius 3 is 2.52 bits per heavy atom. The van der Waals surface area contributed by atoms with Crippen molar-refractivity contribution in [1.29, 1.82) is 0 Å². The number of hydrogen-bond acceptors (Lipinski definition) is 6. The van der Waals surface area contributed by atoms with E-state index < -0.39 is 11.7 Å². The maximum Gasteiger partial charge on any atom is 0.266 e. The van der Waals surface area contributed by atoms with E-state index >= 15 is 0 Å². The van der Waals surface area contributed by atoms with Gasteiger partial charge in [-0.1, -0.05) is 18.2 Å². The molecular formula is C15H16FN5O2. The summed E-state index contributed by atoms with van der Waals surface area (Å²) in [7, 11) is 1.32. The number of carbonyl (C=O) groups is 1. The van der Waals surface area contributed by atoms with E-state index in [9.17, 15) is 9.18 Å². The van der Waals surface area contributed by atoms with Gasteiger partial charge in [-0.15, -0.1) is 0 Å². The number of carbonyl (C=O) groups excluding carboxylic acids is 1. The maximum atomic E-state index is 13.8. The second-order valence-corrected chi connectivity index (χ2v) is 4.67. The number of ether oxygens (including phenoxy) is 1. The van der Waals surface area contributed by atoms with Crippen molar-refractivity contribution in [3.05, 3.63) is 47.5 Å². The van der Waals surface area contributed by atoms with Crippen molar-refractivity contribution in [3.8, 4) is 17.0 Å². The highest BCUT2D eigenvalue weighted by Gasteiger charge is 2.15. The van der Waals surface area contributed by atoms with Gasteiger partial charge in [0.05, 0.1) is 12.8 Å². The van der Waals surface area contributed by atoms with Crippen LogP contribution >= 0.6 is 0 Å². The van der Waals surface area contributed by atoms with E-state index in [1.807, 2.05) is 0 Å². The number of amides is 1. The van der Waals surface area contributed by atoms with Gasteiger partial charge in [-0.3, -0.25) is 4.79 Å². The average Bonchev–Trinajstić information content (AvgIpc) is 2.53. The minimum atomic E-state index is -0.857. The molecule has 2 aromatic rings. The molecule has 0 aliphatic rings. The third-order valence-electron chi connectivity index (χ3n) is 3.26. The number of hydrogen-bond donors (Lipinski definition) is 4. The van der Waals surface area contributed by atoms with Gasteiger partial charge in [0.1, 0.15) is 5.70 Å². The number of pyridine rings is 1. The molecule has 2 rings (SSSR count). The van der Waals surface area contributed by atoms with E-state index in [0.29, 0.717) is 16.7 Å². The monoisotopic (exact) mass is 317 g/mol. The number of anilines is 1. The van der Waals surface area contributed by atoms with Crippen LogP contribution in [-0.4, -0.2) is 18.0 Å². The van der Waals surface area contributed by atoms with Crippen molar-refractivity contribution in [2.45, 2.75) is 0 Å². The van der Waals surface area contributed by atoms with Crippen molar-refractivity contribution in [2.24, 2.45) is 17.2 Å². The predicted molar refractivity (Wildman–Crippen MR) is 85.1 cm³/mol. The van der Waals surface area contributed by atoms with Gasteiger partial charge >= 0.3 is 0 Å². The van der Waals surface area contributed by atoms with Crippen LogP contribution in [0.25, 0.3) is 16.8 Å². The molecule has 0 unspecified atom stereocenters. The molecular weight excluding hydrogens is 301 g/mol. The summed E-state index contributed by atoms with van der Waals surface area (Å²) in [4.78, 5) is 15.0. The van der Waals surface area contributed by atoms with Gasteiger partial charge in [0.25, 0.3) is 5.91 Å². The lowest BCUT2D eigenvalue weighted by Crippen LogP contribution is -2.24. The molecule has 0 fully saturated rings. The van der Waals surface area contributed by atoms with Gasteiger partial charge in [0.15, 0.2) is 5.82 Å². The first-order valence-corrected chi connectivity index (χ1v) is 6.50. The van der Waals surface area contributed by atoms with Gasteiger partial charge < -0.3 is 27.7 Å². The molecule has 1 heterocycles. The number of aromatic nitrogens is 1. The fourth-order valence-electron chi connectivity index (χ4n) is 2.05. The highest BCUT2D eigenvalue weighted by molar-refractivity contribution is 6.00. The van der Waals surface area contributed by atoms with Crippen molar-refractivity contribution < 1.29 is 13.9 Å². The molecule has 120 valence electrons. The van der Waals surface area contributed by atoms with Crippen molar-refractivity contribution in [3.63, 3.8) is 0 Å². The number of methoxy groups -OCH3 is 1. The van der Waals surface area contributed by atoms with Crippen LogP contribution < -0.4 is 27.7 Å². The summed E-state index contributed by atoms with van der Waals surface area (Å²) < 4.78 is 18.6. The molecule has 8 heteroatoms. The molecule has 23 heavy (non-hydrogen) atoms. The summed E-state index contributed by atoms with van der Waals surface area (Å²) in [5, 5.41) is 0. The second-order valence-electron chi connectivity index (χ2n) is 4.67. The van der Waals surface area contributed by atoms with Crippen molar-refractivity contribution in [1.82, 2.24) is 4.98 Å². The SMILES string of the molecule is COc1ncc(-c2cccc(/C(N)=C(\N)C(N)=O)c2N)cc1F. The maximum absolute atomic E-state index is 13.8. The molecule has 0 saturated heterocycles. The Hall–Kier alpha value is -3.29. The van der Waals surface area contributed by atoms with Gasteiger partial charge in [-0.25, -0.2) is 9.37 Å². The third-order valence-corrected chi connectivity index (χ3v) is 3.26. The van der Waals surface area contributed by atoms with Crippen LogP contribution in [0, 0.1) is 5.82 Å². The zero-order valence-electron chi connectivity index (χ0n) is 12.3. The number of primary amides is 1. The van der Waals surface area contributed by atoms with Crippen molar-refractivity contribution in [2.75, 3.05) is 12.8 Å². The molecule has 8 N–H and O–H groups in total. The molecule has 1 aromatic heterocycles. The second kappa shape index (κ2) is 6.22. The van der Waals surface area contributed by atoms with Crippen LogP contribution in [-0.2, 0) is 4.79 Å². The van der Waals surface area contributed by atoms with E-state index in [1.54, 1.807) is 18.2 Å². The third kappa shape index (κ3) is 3.00. The normalized spacial score (nSPS) is 11.7. The quantitative estimate of drug-likeness (QED) is 0.479. The molecule has 0 aliphatic carbocycles. The van der Waals surface area contributed by atoms with Crippen molar-refractivity contribution >= 4 is 17.3 Å². The number of nitrogens with zero attached hydrogens (tertiary/aromatic N) is 1. The zero-order chi connectivity index (χ0) is 17.1. The Labute approximate surface area is 131 Å². The number of halogens is 1. The molecule has 7 nitrogen and oxygen atoms in total. The molecule has 1 amide bonds. The van der Waals surface area contributed by atoms with Crippen LogP contribution in [0.4, 0.5) is 10.1 Å². The molecule has 0 aliphatic heterocycles. The Morgan fingerprint density at radius 1 is 1.26 bits per heavy atom. The summed E-state index contributed by atoms with van der Waals surface area (Å²) >= 11 is 0. The lowest BCUT2D eigenvalue weighted by atomic mass is 9.99. The largest absolute Gasteiger partial charge is 0.479 e. The first-order valence-electron chi connectivity index (χ1n) is 6.50. The summed E-state index contributed by atoms with van der Waals surface area (Å²) in [6, 6.07) is 6.12. The number of nitrogens with two attached hydrogens (primary N) is 4. The number of rotatable bonds is 4. The Morgan fingerprint density at radius 2 is 1.96 bits per heavy atom. The van der Waals surface area contributed by atoms with E-state index in [0.717, 1.165) is 0 Å². The molecule has 1 aromatic carbocycles. The number of para-hydroxylation sites is 1. The first kappa shape index (κ1) is 16.1. The lowest BCUT2D eigenvalue weighted by Gasteiger charge is -2.13. The molecule has 0 bridgehead atoms. The summed E-state index contributed by atoms with van der Waals surface area (Å²) in [5.41, 5.74) is 23.7. The van der Waals surface area contributed by atoms with Gasteiger partial charge in [-0.2, -0.15) is 0 Å². The van der Waals surface area contributed by atoms with Crippen LogP contribution in [0.5, 0.6) is 5.88 Å². The van der Waals surface area contributed by atoms with Crippen LogP contribution in [0.2, 0.25) is 0 Å². The topological polar surface area (TPSA) is 143 Å². The summed E-state index contributed by atoms with van der Waals surface area (Å²) in [6.07, 6.45) is 1.41. The highest BCUT2D eigenvalue weighted by Crippen LogP contribution is 2.32. The standard InChI is InChI=1S/C15H16FN5O2/c1-23-15-10(16)5-7(6-21-15)8-3-2-4-9(11(8)17)12(18)13(19)14(20)22/h2-6H,17-19H2,1H3,(H2,20,22)/b13-12+.